The van der Waals surface area contributed by atoms with E-state index in [4.69, 9.17) is 11.6 Å². The maximum atomic E-state index is 12.5. The van der Waals surface area contributed by atoms with E-state index in [2.05, 4.69) is 40.5 Å². The highest BCUT2D eigenvalue weighted by atomic mass is 35.5. The Morgan fingerprint density at radius 1 is 1.08 bits per heavy atom. The van der Waals surface area contributed by atoms with Gasteiger partial charge in [-0.2, -0.15) is 0 Å². The number of aryl methyl sites for hydroxylation is 2. The molecule has 26 heavy (non-hydrogen) atoms. The molecule has 1 fully saturated rings. The number of para-hydroxylation sites is 1. The zero-order valence-electron chi connectivity index (χ0n) is 15.5. The normalized spacial score (nSPS) is 14.4. The van der Waals surface area contributed by atoms with Crippen LogP contribution in [0.5, 0.6) is 0 Å². The van der Waals surface area contributed by atoms with E-state index in [1.807, 2.05) is 30.9 Å². The van der Waals surface area contributed by atoms with Crippen molar-refractivity contribution in [1.29, 1.82) is 0 Å². The zero-order valence-corrected chi connectivity index (χ0v) is 16.2. The number of amides is 1. The van der Waals surface area contributed by atoms with Crippen molar-refractivity contribution in [2.75, 3.05) is 42.9 Å². The third-order valence-electron chi connectivity index (χ3n) is 4.83. The van der Waals surface area contributed by atoms with Crippen LogP contribution in [0.1, 0.15) is 17.5 Å². The average molecular weight is 372 g/mol. The van der Waals surface area contributed by atoms with E-state index in [1.54, 1.807) is 0 Å². The van der Waals surface area contributed by atoms with Crippen LogP contribution < -0.4 is 10.2 Å². The van der Waals surface area contributed by atoms with Crippen LogP contribution in [-0.2, 0) is 4.79 Å². The van der Waals surface area contributed by atoms with Crippen molar-refractivity contribution in [3.8, 4) is 0 Å². The van der Waals surface area contributed by atoms with Crippen LogP contribution >= 0.6 is 11.6 Å². The first-order chi connectivity index (χ1) is 12.5. The number of rotatable bonds is 5. The van der Waals surface area contributed by atoms with Gasteiger partial charge in [0.2, 0.25) is 5.91 Å². The molecule has 0 radical (unpaired) electrons. The molecule has 1 saturated heterocycles. The molecule has 138 valence electrons. The van der Waals surface area contributed by atoms with Crippen molar-refractivity contribution in [3.05, 3.63) is 58.6 Å². The summed E-state index contributed by atoms with van der Waals surface area (Å²) in [5.74, 6) is 0.200. The number of hydrogen-bond donors (Lipinski definition) is 1. The van der Waals surface area contributed by atoms with Crippen LogP contribution in [0.25, 0.3) is 0 Å². The van der Waals surface area contributed by atoms with Gasteiger partial charge in [-0.1, -0.05) is 35.9 Å². The Morgan fingerprint density at radius 2 is 1.77 bits per heavy atom. The first kappa shape index (κ1) is 18.6. The van der Waals surface area contributed by atoms with Gasteiger partial charge < -0.3 is 15.1 Å². The number of carbonyl (C=O) groups excluding carboxylic acids is 1. The summed E-state index contributed by atoms with van der Waals surface area (Å²) >= 11 is 6.31. The summed E-state index contributed by atoms with van der Waals surface area (Å²) in [6.45, 7) is 7.97. The molecular formula is C21H26ClN3O. The quantitative estimate of drug-likeness (QED) is 0.859. The van der Waals surface area contributed by atoms with Crippen molar-refractivity contribution >= 4 is 28.9 Å². The molecule has 0 spiro atoms. The number of hydrogen-bond acceptors (Lipinski definition) is 3. The molecule has 1 aliphatic heterocycles. The first-order valence-corrected chi connectivity index (χ1v) is 9.51. The number of benzene rings is 2. The number of nitrogens with one attached hydrogen (secondary N) is 1. The molecule has 0 unspecified atom stereocenters. The van der Waals surface area contributed by atoms with Crippen LogP contribution in [0.15, 0.2) is 42.5 Å². The highest BCUT2D eigenvalue weighted by molar-refractivity contribution is 6.33. The van der Waals surface area contributed by atoms with E-state index in [9.17, 15) is 4.79 Å². The Labute approximate surface area is 160 Å². The molecule has 3 rings (SSSR count). The van der Waals surface area contributed by atoms with E-state index in [1.165, 1.54) is 5.69 Å². The topological polar surface area (TPSA) is 35.6 Å². The molecule has 1 heterocycles. The third-order valence-corrected chi connectivity index (χ3v) is 5.12. The van der Waals surface area contributed by atoms with Crippen molar-refractivity contribution in [2.45, 2.75) is 20.3 Å². The van der Waals surface area contributed by atoms with Gasteiger partial charge in [0.05, 0.1) is 10.7 Å². The lowest BCUT2D eigenvalue weighted by Gasteiger charge is -2.36. The van der Waals surface area contributed by atoms with Gasteiger partial charge in [-0.3, -0.25) is 4.79 Å². The van der Waals surface area contributed by atoms with Crippen molar-refractivity contribution in [1.82, 2.24) is 4.90 Å². The van der Waals surface area contributed by atoms with Crippen molar-refractivity contribution in [3.63, 3.8) is 0 Å². The Hall–Kier alpha value is -2.20. The summed E-state index contributed by atoms with van der Waals surface area (Å²) in [6.07, 6.45) is 0.481. The van der Waals surface area contributed by atoms with Gasteiger partial charge in [-0.05, 0) is 43.2 Å². The van der Waals surface area contributed by atoms with Gasteiger partial charge in [0.15, 0.2) is 0 Å². The highest BCUT2D eigenvalue weighted by Crippen LogP contribution is 2.27. The Bertz CT molecular complexity index is 732. The molecule has 1 aliphatic rings. The monoisotopic (exact) mass is 371 g/mol. The fourth-order valence-electron chi connectivity index (χ4n) is 3.45. The maximum Gasteiger partial charge on any atom is 0.224 e. The van der Waals surface area contributed by atoms with E-state index < -0.39 is 0 Å². The fourth-order valence-corrected chi connectivity index (χ4v) is 3.83. The van der Waals surface area contributed by atoms with Crippen LogP contribution in [0, 0.1) is 13.8 Å². The van der Waals surface area contributed by atoms with E-state index in [0.717, 1.165) is 43.0 Å². The molecule has 4 nitrogen and oxygen atoms in total. The second-order valence-corrected chi connectivity index (χ2v) is 7.23. The third kappa shape index (κ3) is 4.50. The van der Waals surface area contributed by atoms with E-state index in [0.29, 0.717) is 18.0 Å². The fraction of sp³-hybridized carbons (Fsp3) is 0.381. The second-order valence-electron chi connectivity index (χ2n) is 6.82. The summed E-state index contributed by atoms with van der Waals surface area (Å²) in [4.78, 5) is 16.8. The summed E-state index contributed by atoms with van der Waals surface area (Å²) in [6, 6.07) is 14.4. The molecule has 0 atom stereocenters. The average Bonchev–Trinajstić information content (AvgIpc) is 2.64. The van der Waals surface area contributed by atoms with Gasteiger partial charge in [-0.25, -0.2) is 0 Å². The largest absolute Gasteiger partial charge is 0.383 e. The zero-order chi connectivity index (χ0) is 18.5. The first-order valence-electron chi connectivity index (χ1n) is 9.13. The van der Waals surface area contributed by atoms with Gasteiger partial charge in [0.25, 0.3) is 0 Å². The van der Waals surface area contributed by atoms with E-state index >= 15 is 0 Å². The molecule has 1 N–H and O–H groups in total. The highest BCUT2D eigenvalue weighted by Gasteiger charge is 2.20. The van der Waals surface area contributed by atoms with Crippen LogP contribution in [0.4, 0.5) is 11.4 Å². The smallest absolute Gasteiger partial charge is 0.224 e. The summed E-state index contributed by atoms with van der Waals surface area (Å²) in [7, 11) is 0. The Kier molecular flexibility index (Phi) is 6.04. The molecule has 0 bridgehead atoms. The summed E-state index contributed by atoms with van der Waals surface area (Å²) in [5.41, 5.74) is 4.41. The SMILES string of the molecule is Cc1cc(C)c(NCCC(=O)N2CCN(c3ccccc3)CC2)c(Cl)c1. The molecule has 2 aromatic carbocycles. The molecule has 5 heteroatoms. The van der Waals surface area contributed by atoms with Crippen LogP contribution in [0.3, 0.4) is 0 Å². The number of carbonyl (C=O) groups is 1. The van der Waals surface area contributed by atoms with Gasteiger partial charge >= 0.3 is 0 Å². The number of anilines is 2. The minimum absolute atomic E-state index is 0.200. The minimum Gasteiger partial charge on any atom is -0.383 e. The predicted molar refractivity (Wildman–Crippen MR) is 109 cm³/mol. The Balaban J connectivity index is 1.46. The maximum absolute atomic E-state index is 12.5. The second kappa shape index (κ2) is 8.45. The van der Waals surface area contributed by atoms with Crippen LogP contribution in [-0.4, -0.2) is 43.5 Å². The Morgan fingerprint density at radius 3 is 2.42 bits per heavy atom. The minimum atomic E-state index is 0.200. The van der Waals surface area contributed by atoms with E-state index in [-0.39, 0.29) is 5.91 Å². The van der Waals surface area contributed by atoms with Gasteiger partial charge in [0, 0.05) is 44.8 Å². The van der Waals surface area contributed by atoms with Gasteiger partial charge in [0.1, 0.15) is 0 Å². The molecule has 0 saturated carbocycles. The molecule has 0 aromatic heterocycles. The number of piperazine rings is 1. The lowest BCUT2D eigenvalue weighted by Crippen LogP contribution is -2.49. The standard InChI is InChI=1S/C21H26ClN3O/c1-16-14-17(2)21(19(22)15-16)23-9-8-20(26)25-12-10-24(11-13-25)18-6-4-3-5-7-18/h3-7,14-15,23H,8-13H2,1-2H3. The number of nitrogens with zero attached hydrogens (tertiary/aromatic N) is 2. The lowest BCUT2D eigenvalue weighted by molar-refractivity contribution is -0.131. The molecule has 0 aliphatic carbocycles. The predicted octanol–water partition coefficient (Wildman–Crippen LogP) is 4.11. The summed E-state index contributed by atoms with van der Waals surface area (Å²) in [5, 5.41) is 4.04. The molecule has 1 amide bonds. The lowest BCUT2D eigenvalue weighted by atomic mass is 10.1. The number of halogens is 1. The van der Waals surface area contributed by atoms with Crippen molar-refractivity contribution in [2.24, 2.45) is 0 Å². The molecule has 2 aromatic rings. The van der Waals surface area contributed by atoms with Crippen LogP contribution in [0.2, 0.25) is 5.02 Å². The summed E-state index contributed by atoms with van der Waals surface area (Å²) < 4.78 is 0. The van der Waals surface area contributed by atoms with Gasteiger partial charge in [-0.15, -0.1) is 0 Å². The van der Waals surface area contributed by atoms with Crippen molar-refractivity contribution < 1.29 is 4.79 Å². The molecular weight excluding hydrogens is 346 g/mol.